The Balaban J connectivity index is 1.97. The molecule has 0 radical (unpaired) electrons. The molecule has 23 heavy (non-hydrogen) atoms. The van der Waals surface area contributed by atoms with Gasteiger partial charge in [0.2, 0.25) is 5.76 Å². The molecule has 0 saturated heterocycles. The number of amides is 1. The highest BCUT2D eigenvalue weighted by atomic mass is 35.5. The molecule has 0 bridgehead atoms. The first-order chi connectivity index (χ1) is 10.9. The molecule has 0 aliphatic rings. The number of nitrogens with zero attached hydrogens (tertiary/aromatic N) is 1. The molecule has 1 aromatic heterocycles. The van der Waals surface area contributed by atoms with Crippen molar-refractivity contribution in [1.29, 1.82) is 0 Å². The number of nitrogens with one attached hydrogen (secondary N) is 1. The Morgan fingerprint density at radius 1 is 1.35 bits per heavy atom. The molecule has 9 heteroatoms. The number of hydrogen-bond donors (Lipinski definition) is 1. The molecule has 1 N–H and O–H groups in total. The highest BCUT2D eigenvalue weighted by Gasteiger charge is 2.23. The molecule has 1 unspecified atom stereocenters. The number of furan rings is 1. The summed E-state index contributed by atoms with van der Waals surface area (Å²) in [4.78, 5) is 33.4. The number of carbonyl (C=O) groups excluding carboxylic acids is 2. The van der Waals surface area contributed by atoms with Crippen LogP contribution in [-0.2, 0) is 9.53 Å². The maximum absolute atomic E-state index is 11.9. The summed E-state index contributed by atoms with van der Waals surface area (Å²) in [6, 6.07) is 8.56. The van der Waals surface area contributed by atoms with Crippen molar-refractivity contribution in [3.63, 3.8) is 0 Å². The van der Waals surface area contributed by atoms with Gasteiger partial charge in [-0.25, -0.2) is 4.79 Å². The van der Waals surface area contributed by atoms with Gasteiger partial charge in [0, 0.05) is 10.7 Å². The van der Waals surface area contributed by atoms with E-state index in [1.807, 2.05) is 0 Å². The second-order valence-corrected chi connectivity index (χ2v) is 4.88. The number of anilines is 1. The minimum atomic E-state index is -1.13. The van der Waals surface area contributed by atoms with Gasteiger partial charge in [0.25, 0.3) is 5.91 Å². The van der Waals surface area contributed by atoms with E-state index in [4.69, 9.17) is 20.8 Å². The minimum absolute atomic E-state index is 0.362. The highest BCUT2D eigenvalue weighted by Crippen LogP contribution is 2.18. The van der Waals surface area contributed by atoms with Crippen LogP contribution in [0.1, 0.15) is 17.5 Å². The lowest BCUT2D eigenvalue weighted by molar-refractivity contribution is -0.402. The van der Waals surface area contributed by atoms with E-state index in [0.29, 0.717) is 10.7 Å². The minimum Gasteiger partial charge on any atom is -0.447 e. The quantitative estimate of drug-likeness (QED) is 0.509. The SMILES string of the molecule is CC(OC(=O)c1ccc([N+](=O)[O-])o1)C(=O)Nc1cccc(Cl)c1. The van der Waals surface area contributed by atoms with Gasteiger partial charge in [-0.15, -0.1) is 0 Å². The van der Waals surface area contributed by atoms with Gasteiger partial charge >= 0.3 is 11.9 Å². The Kier molecular flexibility index (Phi) is 4.97. The fourth-order valence-electron chi connectivity index (χ4n) is 1.62. The molecule has 2 aromatic rings. The van der Waals surface area contributed by atoms with Crippen molar-refractivity contribution >= 4 is 35.0 Å². The number of ether oxygens (including phenoxy) is 1. The van der Waals surface area contributed by atoms with E-state index in [1.54, 1.807) is 18.2 Å². The molecule has 8 nitrogen and oxygen atoms in total. The fraction of sp³-hybridized carbons (Fsp3) is 0.143. The van der Waals surface area contributed by atoms with Crippen molar-refractivity contribution in [1.82, 2.24) is 0 Å². The largest absolute Gasteiger partial charge is 0.447 e. The molecule has 0 spiro atoms. The first kappa shape index (κ1) is 16.5. The predicted molar refractivity (Wildman–Crippen MR) is 80.3 cm³/mol. The van der Waals surface area contributed by atoms with E-state index in [9.17, 15) is 19.7 Å². The average molecular weight is 339 g/mol. The Morgan fingerprint density at radius 2 is 2.09 bits per heavy atom. The zero-order valence-electron chi connectivity index (χ0n) is 11.8. The van der Waals surface area contributed by atoms with Gasteiger partial charge < -0.3 is 14.5 Å². The second-order valence-electron chi connectivity index (χ2n) is 4.44. The third-order valence-corrected chi connectivity index (χ3v) is 2.95. The zero-order valence-corrected chi connectivity index (χ0v) is 12.6. The van der Waals surface area contributed by atoms with E-state index in [2.05, 4.69) is 5.32 Å². The van der Waals surface area contributed by atoms with Crippen LogP contribution in [0.25, 0.3) is 0 Å². The maximum atomic E-state index is 11.9. The summed E-state index contributed by atoms with van der Waals surface area (Å²) in [6.45, 7) is 1.36. The van der Waals surface area contributed by atoms with Gasteiger partial charge in [-0.1, -0.05) is 17.7 Å². The van der Waals surface area contributed by atoms with Crippen LogP contribution in [0.15, 0.2) is 40.8 Å². The van der Waals surface area contributed by atoms with Gasteiger partial charge in [0.05, 0.1) is 6.07 Å². The van der Waals surface area contributed by atoms with Crippen molar-refractivity contribution in [3.8, 4) is 0 Å². The van der Waals surface area contributed by atoms with Gasteiger partial charge in [0.15, 0.2) is 6.10 Å². The monoisotopic (exact) mass is 338 g/mol. The normalized spacial score (nSPS) is 11.6. The van der Waals surface area contributed by atoms with E-state index >= 15 is 0 Å². The number of rotatable bonds is 5. The third-order valence-electron chi connectivity index (χ3n) is 2.72. The third kappa shape index (κ3) is 4.30. The summed E-state index contributed by atoms with van der Waals surface area (Å²) in [7, 11) is 0. The predicted octanol–water partition coefficient (Wildman–Crippen LogP) is 3.03. The molecular weight excluding hydrogens is 328 g/mol. The second kappa shape index (κ2) is 6.93. The molecule has 1 aromatic carbocycles. The number of hydrogen-bond acceptors (Lipinski definition) is 6. The molecule has 1 heterocycles. The van der Waals surface area contributed by atoms with Crippen LogP contribution < -0.4 is 5.32 Å². The van der Waals surface area contributed by atoms with Crippen LogP contribution in [0.4, 0.5) is 11.6 Å². The Bertz CT molecular complexity index is 757. The van der Waals surface area contributed by atoms with Gasteiger partial charge in [0.1, 0.15) is 4.92 Å². The number of carbonyl (C=O) groups is 2. The van der Waals surface area contributed by atoms with Gasteiger partial charge in [-0.3, -0.25) is 14.9 Å². The fourth-order valence-corrected chi connectivity index (χ4v) is 1.81. The van der Waals surface area contributed by atoms with Crippen LogP contribution >= 0.6 is 11.6 Å². The Morgan fingerprint density at radius 3 is 2.70 bits per heavy atom. The molecule has 1 atom stereocenters. The average Bonchev–Trinajstić information content (AvgIpc) is 2.97. The van der Waals surface area contributed by atoms with Gasteiger partial charge in [-0.2, -0.15) is 0 Å². The van der Waals surface area contributed by atoms with Crippen molar-refractivity contribution in [3.05, 3.63) is 57.3 Å². The highest BCUT2D eigenvalue weighted by molar-refractivity contribution is 6.30. The van der Waals surface area contributed by atoms with Crippen LogP contribution in [0.5, 0.6) is 0 Å². The molecule has 2 rings (SSSR count). The number of nitro groups is 1. The summed E-state index contributed by atoms with van der Waals surface area (Å²) in [5, 5.41) is 13.4. The topological polar surface area (TPSA) is 112 Å². The molecule has 0 aliphatic heterocycles. The Labute approximate surface area is 135 Å². The summed E-state index contributed by atoms with van der Waals surface area (Å²) < 4.78 is 9.59. The van der Waals surface area contributed by atoms with Crippen molar-refractivity contribution in [2.24, 2.45) is 0 Å². The van der Waals surface area contributed by atoms with Crippen molar-refractivity contribution < 1.29 is 23.7 Å². The van der Waals surface area contributed by atoms with Crippen molar-refractivity contribution in [2.75, 3.05) is 5.32 Å². The first-order valence-corrected chi connectivity index (χ1v) is 6.76. The smallest absolute Gasteiger partial charge is 0.433 e. The molecule has 0 saturated carbocycles. The standard InChI is InChI=1S/C14H11ClN2O6/c1-8(13(18)16-10-4-2-3-9(15)7-10)22-14(19)11-5-6-12(23-11)17(20)21/h2-8H,1H3,(H,16,18). The zero-order chi connectivity index (χ0) is 17.0. The maximum Gasteiger partial charge on any atom is 0.433 e. The number of benzene rings is 1. The van der Waals surface area contributed by atoms with Crippen LogP contribution in [0, 0.1) is 10.1 Å². The van der Waals surface area contributed by atoms with Crippen LogP contribution in [0.2, 0.25) is 5.02 Å². The van der Waals surface area contributed by atoms with E-state index < -0.39 is 28.8 Å². The number of halogens is 1. The summed E-state index contributed by atoms with van der Waals surface area (Å²) in [6.07, 6.45) is -1.13. The van der Waals surface area contributed by atoms with E-state index in [0.717, 1.165) is 12.1 Å². The van der Waals surface area contributed by atoms with E-state index in [-0.39, 0.29) is 5.76 Å². The lowest BCUT2D eigenvalue weighted by Gasteiger charge is -2.12. The lowest BCUT2D eigenvalue weighted by Crippen LogP contribution is -2.29. The first-order valence-electron chi connectivity index (χ1n) is 6.38. The van der Waals surface area contributed by atoms with Crippen molar-refractivity contribution in [2.45, 2.75) is 13.0 Å². The lowest BCUT2D eigenvalue weighted by atomic mass is 10.3. The van der Waals surface area contributed by atoms with Gasteiger partial charge in [-0.05, 0) is 31.2 Å². The van der Waals surface area contributed by atoms with Crippen LogP contribution in [-0.4, -0.2) is 22.9 Å². The molecule has 120 valence electrons. The summed E-state index contributed by atoms with van der Waals surface area (Å²) in [5.74, 6) is -2.51. The van der Waals surface area contributed by atoms with E-state index in [1.165, 1.54) is 13.0 Å². The molecule has 1 amide bonds. The Hall–Kier alpha value is -2.87. The molecular formula is C14H11ClN2O6. The summed E-state index contributed by atoms with van der Waals surface area (Å²) >= 11 is 5.80. The molecule has 0 fully saturated rings. The number of esters is 1. The summed E-state index contributed by atoms with van der Waals surface area (Å²) in [5.41, 5.74) is 0.444. The van der Waals surface area contributed by atoms with Crippen LogP contribution in [0.3, 0.4) is 0 Å². The molecule has 0 aliphatic carbocycles.